The quantitative estimate of drug-likeness (QED) is 0.759. The molecule has 106 valence electrons. The first-order valence-corrected chi connectivity index (χ1v) is 9.37. The molecule has 1 aliphatic heterocycles. The molecule has 0 saturated heterocycles. The predicted octanol–water partition coefficient (Wildman–Crippen LogP) is 4.08. The van der Waals surface area contributed by atoms with Gasteiger partial charge in [-0.25, -0.2) is 0 Å². The Morgan fingerprint density at radius 1 is 0.952 bits per heavy atom. The first-order valence-electron chi connectivity index (χ1n) is 6.80. The minimum absolute atomic E-state index is 0.110. The van der Waals surface area contributed by atoms with Crippen LogP contribution in [0.1, 0.15) is 6.42 Å². The summed E-state index contributed by atoms with van der Waals surface area (Å²) in [6.45, 7) is 0. The lowest BCUT2D eigenvalue weighted by molar-refractivity contribution is 0.583. The highest BCUT2D eigenvalue weighted by Gasteiger charge is 2.36. The standard InChI is InChI=1S/C17H15BrNOP/c18-14-11-17(13-19-12-14)21(20,15-7-3-1-4-8-15)16-9-5-2-6-10-16/h1-10,12-13,17H,11H2. The van der Waals surface area contributed by atoms with E-state index in [4.69, 9.17) is 0 Å². The topological polar surface area (TPSA) is 29.4 Å². The number of hydrogen-bond acceptors (Lipinski definition) is 2. The molecule has 1 aliphatic rings. The molecule has 1 heterocycles. The van der Waals surface area contributed by atoms with E-state index in [9.17, 15) is 4.57 Å². The van der Waals surface area contributed by atoms with E-state index < -0.39 is 7.14 Å². The van der Waals surface area contributed by atoms with E-state index in [2.05, 4.69) is 20.9 Å². The lowest BCUT2D eigenvalue weighted by atomic mass is 10.3. The first kappa shape index (κ1) is 14.5. The van der Waals surface area contributed by atoms with Gasteiger partial charge in [0, 0.05) is 27.5 Å². The normalized spacial score (nSPS) is 18.3. The second-order valence-corrected chi connectivity index (χ2v) is 9.01. The van der Waals surface area contributed by atoms with Crippen molar-refractivity contribution >= 4 is 39.9 Å². The average Bonchev–Trinajstić information content (AvgIpc) is 2.56. The summed E-state index contributed by atoms with van der Waals surface area (Å²) in [6, 6.07) is 19.5. The van der Waals surface area contributed by atoms with Gasteiger partial charge < -0.3 is 4.57 Å². The fourth-order valence-electron chi connectivity index (χ4n) is 2.58. The summed E-state index contributed by atoms with van der Waals surface area (Å²) in [5.74, 6) is 0. The van der Waals surface area contributed by atoms with E-state index in [-0.39, 0.29) is 5.66 Å². The molecule has 0 radical (unpaired) electrons. The summed E-state index contributed by atoms with van der Waals surface area (Å²) in [5.41, 5.74) is -0.110. The molecular formula is C17H15BrNOP. The number of rotatable bonds is 3. The fraction of sp³-hybridized carbons (Fsp3) is 0.118. The van der Waals surface area contributed by atoms with Crippen molar-refractivity contribution in [1.82, 2.24) is 0 Å². The third-order valence-corrected chi connectivity index (χ3v) is 7.53. The summed E-state index contributed by atoms with van der Waals surface area (Å²) >= 11 is 3.49. The van der Waals surface area contributed by atoms with Gasteiger partial charge in [0.25, 0.3) is 0 Å². The van der Waals surface area contributed by atoms with Crippen LogP contribution in [0, 0.1) is 0 Å². The third-order valence-electron chi connectivity index (χ3n) is 3.62. The Labute approximate surface area is 133 Å². The van der Waals surface area contributed by atoms with Crippen LogP contribution in [0.2, 0.25) is 0 Å². The second-order valence-electron chi connectivity index (χ2n) is 4.97. The maximum absolute atomic E-state index is 14.0. The summed E-state index contributed by atoms with van der Waals surface area (Å²) in [4.78, 5) is 4.25. The maximum atomic E-state index is 14.0. The number of benzene rings is 2. The van der Waals surface area contributed by atoms with E-state index in [1.165, 1.54) is 0 Å². The summed E-state index contributed by atoms with van der Waals surface area (Å²) < 4.78 is 15.0. The summed E-state index contributed by atoms with van der Waals surface area (Å²) in [6.07, 6.45) is 4.31. The van der Waals surface area contributed by atoms with Crippen molar-refractivity contribution in [3.05, 3.63) is 71.3 Å². The molecule has 0 spiro atoms. The lowest BCUT2D eigenvalue weighted by Crippen LogP contribution is -2.27. The first-order chi connectivity index (χ1) is 10.2. The molecule has 21 heavy (non-hydrogen) atoms. The van der Waals surface area contributed by atoms with Crippen molar-refractivity contribution in [2.24, 2.45) is 4.99 Å². The van der Waals surface area contributed by atoms with E-state index in [1.54, 1.807) is 6.20 Å². The Hall–Kier alpha value is -1.44. The van der Waals surface area contributed by atoms with Gasteiger partial charge in [0.1, 0.15) is 0 Å². The molecule has 0 aromatic heterocycles. The van der Waals surface area contributed by atoms with Crippen molar-refractivity contribution in [3.63, 3.8) is 0 Å². The minimum Gasteiger partial charge on any atom is -0.313 e. The molecule has 1 unspecified atom stereocenters. The highest BCUT2D eigenvalue weighted by atomic mass is 79.9. The van der Waals surface area contributed by atoms with Gasteiger partial charge in [-0.05, 0) is 6.42 Å². The van der Waals surface area contributed by atoms with Crippen LogP contribution in [0.15, 0.2) is 76.3 Å². The summed E-state index contributed by atoms with van der Waals surface area (Å²) in [5, 5.41) is 1.77. The zero-order valence-electron chi connectivity index (χ0n) is 11.4. The molecule has 0 aliphatic carbocycles. The molecule has 3 rings (SSSR count). The Balaban J connectivity index is 2.15. The smallest absolute Gasteiger partial charge is 0.151 e. The van der Waals surface area contributed by atoms with E-state index in [0.29, 0.717) is 6.42 Å². The Bertz CT molecular complexity index is 681. The fourth-order valence-corrected chi connectivity index (χ4v) is 6.31. The van der Waals surface area contributed by atoms with Gasteiger partial charge >= 0.3 is 0 Å². The largest absolute Gasteiger partial charge is 0.313 e. The minimum atomic E-state index is -2.76. The van der Waals surface area contributed by atoms with E-state index in [1.807, 2.05) is 66.9 Å². The SMILES string of the molecule is O=P(c1ccccc1)(c1ccccc1)C1C=NC=C(Br)C1. The number of hydrogen-bond donors (Lipinski definition) is 0. The average molecular weight is 360 g/mol. The zero-order chi connectivity index (χ0) is 14.7. The molecule has 2 aromatic carbocycles. The van der Waals surface area contributed by atoms with Gasteiger partial charge in [-0.3, -0.25) is 4.99 Å². The summed E-state index contributed by atoms with van der Waals surface area (Å²) in [7, 11) is -2.76. The van der Waals surface area contributed by atoms with E-state index >= 15 is 0 Å². The van der Waals surface area contributed by atoms with Crippen LogP contribution in [0.3, 0.4) is 0 Å². The Morgan fingerprint density at radius 2 is 1.48 bits per heavy atom. The molecular weight excluding hydrogens is 345 g/mol. The Kier molecular flexibility index (Phi) is 4.23. The predicted molar refractivity (Wildman–Crippen MR) is 93.7 cm³/mol. The number of halogens is 1. The van der Waals surface area contributed by atoms with Crippen molar-refractivity contribution in [1.29, 1.82) is 0 Å². The third kappa shape index (κ3) is 2.81. The van der Waals surface area contributed by atoms with Crippen LogP contribution in [0.5, 0.6) is 0 Å². The highest BCUT2D eigenvalue weighted by molar-refractivity contribution is 9.11. The zero-order valence-corrected chi connectivity index (χ0v) is 13.9. The van der Waals surface area contributed by atoms with Gasteiger partial charge in [0.2, 0.25) is 0 Å². The molecule has 0 bridgehead atoms. The second kappa shape index (κ2) is 6.13. The molecule has 1 atom stereocenters. The van der Waals surface area contributed by atoms with Crippen LogP contribution >= 0.6 is 23.1 Å². The monoisotopic (exact) mass is 359 g/mol. The number of aliphatic imine (C=N–C) groups is 1. The van der Waals surface area contributed by atoms with Crippen molar-refractivity contribution < 1.29 is 4.57 Å². The number of allylic oxidation sites excluding steroid dienone is 1. The Morgan fingerprint density at radius 3 is 1.95 bits per heavy atom. The number of nitrogens with zero attached hydrogens (tertiary/aromatic N) is 1. The van der Waals surface area contributed by atoms with Gasteiger partial charge in [-0.1, -0.05) is 76.6 Å². The van der Waals surface area contributed by atoms with Gasteiger partial charge in [-0.15, -0.1) is 0 Å². The molecule has 0 fully saturated rings. The van der Waals surface area contributed by atoms with Gasteiger partial charge in [-0.2, -0.15) is 0 Å². The molecule has 4 heteroatoms. The van der Waals surface area contributed by atoms with Crippen LogP contribution in [-0.2, 0) is 4.57 Å². The van der Waals surface area contributed by atoms with Crippen LogP contribution < -0.4 is 10.6 Å². The van der Waals surface area contributed by atoms with Crippen LogP contribution in [-0.4, -0.2) is 11.9 Å². The van der Waals surface area contributed by atoms with Crippen molar-refractivity contribution in [2.75, 3.05) is 0 Å². The van der Waals surface area contributed by atoms with Crippen LogP contribution in [0.4, 0.5) is 0 Å². The molecule has 2 aromatic rings. The van der Waals surface area contributed by atoms with Gasteiger partial charge in [0.05, 0.1) is 5.66 Å². The molecule has 0 amide bonds. The molecule has 2 nitrogen and oxygen atoms in total. The highest BCUT2D eigenvalue weighted by Crippen LogP contribution is 2.51. The van der Waals surface area contributed by atoms with E-state index in [0.717, 1.165) is 15.1 Å². The van der Waals surface area contributed by atoms with Gasteiger partial charge in [0.15, 0.2) is 7.14 Å². The molecule has 0 saturated carbocycles. The maximum Gasteiger partial charge on any atom is 0.151 e. The lowest BCUT2D eigenvalue weighted by Gasteiger charge is -2.27. The van der Waals surface area contributed by atoms with Crippen LogP contribution in [0.25, 0.3) is 0 Å². The molecule has 0 N–H and O–H groups in total. The van der Waals surface area contributed by atoms with Crippen molar-refractivity contribution in [2.45, 2.75) is 12.1 Å². The van der Waals surface area contributed by atoms with Crippen molar-refractivity contribution in [3.8, 4) is 0 Å².